The smallest absolute Gasteiger partial charge is 0.159 e. The highest BCUT2D eigenvalue weighted by Crippen LogP contribution is 2.49. The number of furan rings is 2. The van der Waals surface area contributed by atoms with Crippen molar-refractivity contribution < 1.29 is 8.83 Å². The molecule has 0 spiro atoms. The number of nitrogens with zero attached hydrogens (tertiary/aromatic N) is 1. The van der Waals surface area contributed by atoms with Crippen LogP contribution in [0.3, 0.4) is 0 Å². The molecule has 0 aliphatic heterocycles. The number of anilines is 3. The summed E-state index contributed by atoms with van der Waals surface area (Å²) in [5.41, 5.74) is 8.93. The minimum absolute atomic E-state index is 0.850. The molecule has 0 radical (unpaired) electrons. The molecule has 0 amide bonds. The molecule has 0 fully saturated rings. The predicted octanol–water partition coefficient (Wildman–Crippen LogP) is 14.1. The van der Waals surface area contributed by atoms with Crippen molar-refractivity contribution in [3.8, 4) is 11.1 Å². The summed E-state index contributed by atoms with van der Waals surface area (Å²) in [6.45, 7) is 0. The molecule has 0 aliphatic carbocycles. The second-order valence-corrected chi connectivity index (χ2v) is 13.9. The minimum atomic E-state index is 0.850. The highest BCUT2D eigenvalue weighted by Gasteiger charge is 2.24. The summed E-state index contributed by atoms with van der Waals surface area (Å²) >= 11 is 1.81. The number of para-hydroxylation sites is 1. The quantitative estimate of drug-likeness (QED) is 0.189. The van der Waals surface area contributed by atoms with Gasteiger partial charge in [-0.1, -0.05) is 109 Å². The Morgan fingerprint density at radius 1 is 0.380 bits per heavy atom. The maximum absolute atomic E-state index is 7.06. The summed E-state index contributed by atoms with van der Waals surface area (Å²) < 4.78 is 16.2. The number of benzene rings is 8. The first-order valence-corrected chi connectivity index (χ1v) is 17.7. The Hall–Kier alpha value is -6.36. The monoisotopic (exact) mass is 657 g/mol. The average molecular weight is 658 g/mol. The Morgan fingerprint density at radius 3 is 1.98 bits per heavy atom. The summed E-state index contributed by atoms with van der Waals surface area (Å²) in [6.07, 6.45) is 0. The van der Waals surface area contributed by atoms with Gasteiger partial charge in [-0.05, 0) is 71.1 Å². The lowest BCUT2D eigenvalue weighted by atomic mass is 10.0. The van der Waals surface area contributed by atoms with Crippen LogP contribution in [0.15, 0.2) is 173 Å². The number of fused-ring (bicyclic) bond motifs is 12. The van der Waals surface area contributed by atoms with Crippen molar-refractivity contribution in [2.45, 2.75) is 0 Å². The van der Waals surface area contributed by atoms with E-state index < -0.39 is 0 Å². The van der Waals surface area contributed by atoms with E-state index in [1.165, 1.54) is 31.3 Å². The lowest BCUT2D eigenvalue weighted by Crippen LogP contribution is -2.10. The highest BCUT2D eigenvalue weighted by molar-refractivity contribution is 7.26. The summed E-state index contributed by atoms with van der Waals surface area (Å²) in [4.78, 5) is 2.34. The average Bonchev–Trinajstić information content (AvgIpc) is 3.87. The third-order valence-corrected chi connectivity index (χ3v) is 11.2. The van der Waals surface area contributed by atoms with Crippen LogP contribution in [0.5, 0.6) is 0 Å². The lowest BCUT2D eigenvalue weighted by Gasteiger charge is -2.26. The number of hydrogen-bond acceptors (Lipinski definition) is 4. The molecule has 3 aromatic heterocycles. The third-order valence-electron chi connectivity index (χ3n) is 10.1. The van der Waals surface area contributed by atoms with Crippen molar-refractivity contribution >= 4 is 103 Å². The van der Waals surface area contributed by atoms with E-state index >= 15 is 0 Å². The molecule has 0 aliphatic rings. The molecule has 50 heavy (non-hydrogen) atoms. The van der Waals surface area contributed by atoms with Crippen LogP contribution in [0.25, 0.3) is 85.9 Å². The van der Waals surface area contributed by atoms with Crippen molar-refractivity contribution in [1.29, 1.82) is 0 Å². The molecule has 4 heteroatoms. The van der Waals surface area contributed by atoms with E-state index in [-0.39, 0.29) is 0 Å². The molecule has 3 heterocycles. The van der Waals surface area contributed by atoms with Crippen LogP contribution in [-0.2, 0) is 0 Å². The van der Waals surface area contributed by atoms with Gasteiger partial charge in [0, 0.05) is 47.4 Å². The van der Waals surface area contributed by atoms with Crippen LogP contribution in [0.2, 0.25) is 0 Å². The Labute approximate surface area is 290 Å². The summed E-state index contributed by atoms with van der Waals surface area (Å²) in [5, 5.41) is 9.05. The second kappa shape index (κ2) is 10.6. The maximum atomic E-state index is 7.06. The van der Waals surface area contributed by atoms with E-state index in [1.54, 1.807) is 0 Å². The molecule has 234 valence electrons. The third kappa shape index (κ3) is 3.97. The predicted molar refractivity (Wildman–Crippen MR) is 212 cm³/mol. The maximum Gasteiger partial charge on any atom is 0.159 e. The second-order valence-electron chi connectivity index (χ2n) is 12.8. The minimum Gasteiger partial charge on any atom is -0.455 e. The summed E-state index contributed by atoms with van der Waals surface area (Å²) in [6, 6.07) is 58.1. The van der Waals surface area contributed by atoms with Crippen molar-refractivity contribution in [2.24, 2.45) is 0 Å². The van der Waals surface area contributed by atoms with E-state index in [2.05, 4.69) is 169 Å². The van der Waals surface area contributed by atoms with Gasteiger partial charge in [0.1, 0.15) is 16.7 Å². The van der Waals surface area contributed by atoms with Gasteiger partial charge in [0.25, 0.3) is 0 Å². The zero-order valence-electron chi connectivity index (χ0n) is 26.8. The fourth-order valence-electron chi connectivity index (χ4n) is 7.79. The molecule has 0 N–H and O–H groups in total. The lowest BCUT2D eigenvalue weighted by molar-refractivity contribution is 0.672. The fraction of sp³-hybridized carbons (Fsp3) is 0. The molecule has 0 saturated carbocycles. The molecular formula is C46H27NO2S. The molecule has 0 unspecified atom stereocenters. The summed E-state index contributed by atoms with van der Waals surface area (Å²) in [7, 11) is 0. The molecule has 11 aromatic rings. The van der Waals surface area contributed by atoms with Gasteiger partial charge in [0.05, 0.1) is 16.8 Å². The molecule has 0 saturated heterocycles. The zero-order chi connectivity index (χ0) is 32.8. The molecule has 11 rings (SSSR count). The van der Waals surface area contributed by atoms with E-state index in [0.29, 0.717) is 0 Å². The standard InChI is InChI=1S/C46H27NO2S/c1-2-10-28(11-3-1)29-20-23-31(24-21-29)47(37-16-9-18-39-42(37)36-25-22-30-12-4-5-13-32(30)44(36)48-39)38-17-8-15-33-34-26-27-41-43(46(34)49-45(33)38)35-14-6-7-19-40(35)50-41/h1-27H. The highest BCUT2D eigenvalue weighted by atomic mass is 32.1. The van der Waals surface area contributed by atoms with E-state index in [0.717, 1.165) is 71.7 Å². The number of rotatable bonds is 4. The van der Waals surface area contributed by atoms with Crippen molar-refractivity contribution in [3.05, 3.63) is 164 Å². The zero-order valence-corrected chi connectivity index (χ0v) is 27.6. The first-order chi connectivity index (χ1) is 24.8. The number of hydrogen-bond donors (Lipinski definition) is 0. The van der Waals surface area contributed by atoms with Crippen molar-refractivity contribution in [3.63, 3.8) is 0 Å². The molecule has 0 bridgehead atoms. The van der Waals surface area contributed by atoms with Crippen molar-refractivity contribution in [2.75, 3.05) is 4.90 Å². The van der Waals surface area contributed by atoms with Gasteiger partial charge >= 0.3 is 0 Å². The first-order valence-electron chi connectivity index (χ1n) is 16.8. The van der Waals surface area contributed by atoms with Gasteiger partial charge in [-0.2, -0.15) is 0 Å². The van der Waals surface area contributed by atoms with E-state index in [4.69, 9.17) is 8.83 Å². The van der Waals surface area contributed by atoms with Crippen LogP contribution in [0, 0.1) is 0 Å². The SMILES string of the molecule is c1ccc(-c2ccc(N(c3cccc4c3oc3c4ccc4sc5ccccc5c43)c3cccc4oc5c6ccccc6ccc5c34)cc2)cc1. The molecule has 0 atom stereocenters. The Bertz CT molecular complexity index is 3090. The Balaban J connectivity index is 1.21. The molecule has 8 aromatic carbocycles. The van der Waals surface area contributed by atoms with Gasteiger partial charge in [0.15, 0.2) is 5.58 Å². The van der Waals surface area contributed by atoms with Crippen LogP contribution in [0.4, 0.5) is 17.1 Å². The Kier molecular flexibility index (Phi) is 5.83. The fourth-order valence-corrected chi connectivity index (χ4v) is 8.89. The van der Waals surface area contributed by atoms with E-state index in [9.17, 15) is 0 Å². The van der Waals surface area contributed by atoms with Gasteiger partial charge in [-0.25, -0.2) is 0 Å². The molecule has 3 nitrogen and oxygen atoms in total. The van der Waals surface area contributed by atoms with Gasteiger partial charge < -0.3 is 13.7 Å². The van der Waals surface area contributed by atoms with E-state index in [1.807, 2.05) is 11.3 Å². The topological polar surface area (TPSA) is 29.5 Å². The largest absolute Gasteiger partial charge is 0.455 e. The summed E-state index contributed by atoms with van der Waals surface area (Å²) in [5.74, 6) is 0. The van der Waals surface area contributed by atoms with Gasteiger partial charge in [-0.3, -0.25) is 0 Å². The van der Waals surface area contributed by atoms with Crippen LogP contribution in [-0.4, -0.2) is 0 Å². The van der Waals surface area contributed by atoms with Gasteiger partial charge in [0.2, 0.25) is 0 Å². The van der Waals surface area contributed by atoms with Crippen molar-refractivity contribution in [1.82, 2.24) is 0 Å². The van der Waals surface area contributed by atoms with Crippen LogP contribution < -0.4 is 4.90 Å². The number of thiophene rings is 1. The molecular weight excluding hydrogens is 631 g/mol. The van der Waals surface area contributed by atoms with Crippen LogP contribution >= 0.6 is 11.3 Å². The van der Waals surface area contributed by atoms with Crippen LogP contribution in [0.1, 0.15) is 0 Å². The first kappa shape index (κ1) is 27.6. The van der Waals surface area contributed by atoms with Gasteiger partial charge in [-0.15, -0.1) is 11.3 Å². The Morgan fingerprint density at radius 2 is 1.08 bits per heavy atom. The normalized spacial score (nSPS) is 12.0.